The van der Waals surface area contributed by atoms with E-state index in [9.17, 15) is 4.79 Å². The lowest BCUT2D eigenvalue weighted by molar-refractivity contribution is 0.0495. The number of amides is 1. The Morgan fingerprint density at radius 3 is 2.56 bits per heavy atom. The Hall–Kier alpha value is -2.17. The molecule has 1 aromatic rings. The minimum Gasteiger partial charge on any atom is -0.493 e. The van der Waals surface area contributed by atoms with Gasteiger partial charge < -0.3 is 19.5 Å². The average molecular weight is 347 g/mol. The van der Waals surface area contributed by atoms with Crippen molar-refractivity contribution in [3.05, 3.63) is 35.9 Å². The smallest absolute Gasteiger partial charge is 0.407 e. The number of alkyl carbamates (subject to hydrolysis) is 1. The first-order chi connectivity index (χ1) is 11.8. The van der Waals surface area contributed by atoms with Gasteiger partial charge in [0.05, 0.1) is 13.7 Å². The van der Waals surface area contributed by atoms with Gasteiger partial charge in [0.15, 0.2) is 11.5 Å². The van der Waals surface area contributed by atoms with Crippen molar-refractivity contribution < 1.29 is 19.0 Å². The van der Waals surface area contributed by atoms with Crippen LogP contribution in [0, 0.1) is 0 Å². The first kappa shape index (κ1) is 19.2. The lowest BCUT2D eigenvalue weighted by Gasteiger charge is -2.31. The third-order valence-electron chi connectivity index (χ3n) is 4.05. The Balaban J connectivity index is 2.19. The number of carbonyl (C=O) groups is 1. The molecule has 1 aliphatic rings. The van der Waals surface area contributed by atoms with Gasteiger partial charge in [-0.05, 0) is 58.2 Å². The quantitative estimate of drug-likeness (QED) is 0.801. The van der Waals surface area contributed by atoms with E-state index in [1.54, 1.807) is 7.11 Å². The summed E-state index contributed by atoms with van der Waals surface area (Å²) in [4.78, 5) is 12.2. The molecule has 2 atom stereocenters. The zero-order valence-electron chi connectivity index (χ0n) is 15.8. The number of nitrogens with one attached hydrogen (secondary N) is 1. The molecule has 0 saturated heterocycles. The summed E-state index contributed by atoms with van der Waals surface area (Å²) in [5.41, 5.74) is 0.612. The van der Waals surface area contributed by atoms with E-state index in [1.807, 2.05) is 45.9 Å². The number of hydrogen-bond acceptors (Lipinski definition) is 4. The van der Waals surface area contributed by atoms with Crippen molar-refractivity contribution in [1.82, 2.24) is 5.32 Å². The molecule has 0 spiro atoms. The lowest BCUT2D eigenvalue weighted by atomic mass is 9.83. The van der Waals surface area contributed by atoms with Crippen molar-refractivity contribution in [2.24, 2.45) is 0 Å². The van der Waals surface area contributed by atoms with Crippen LogP contribution in [0.15, 0.2) is 30.4 Å². The van der Waals surface area contributed by atoms with Gasteiger partial charge in [0, 0.05) is 12.0 Å². The van der Waals surface area contributed by atoms with E-state index in [4.69, 9.17) is 14.2 Å². The number of methoxy groups -OCH3 is 1. The molecule has 0 aromatic heterocycles. The van der Waals surface area contributed by atoms with Gasteiger partial charge in [-0.25, -0.2) is 4.79 Å². The van der Waals surface area contributed by atoms with Crippen molar-refractivity contribution in [2.75, 3.05) is 13.7 Å². The molecular weight excluding hydrogens is 318 g/mol. The van der Waals surface area contributed by atoms with E-state index in [1.165, 1.54) is 0 Å². The van der Waals surface area contributed by atoms with Gasteiger partial charge in [0.1, 0.15) is 5.60 Å². The zero-order chi connectivity index (χ0) is 18.4. The Morgan fingerprint density at radius 2 is 1.92 bits per heavy atom. The molecule has 2 unspecified atom stereocenters. The molecule has 5 nitrogen and oxygen atoms in total. The van der Waals surface area contributed by atoms with Crippen LogP contribution in [0.25, 0.3) is 0 Å². The van der Waals surface area contributed by atoms with Crippen molar-refractivity contribution in [2.45, 2.75) is 58.1 Å². The van der Waals surface area contributed by atoms with Crippen LogP contribution in [0.2, 0.25) is 0 Å². The molecule has 0 bridgehead atoms. The normalized spacial score (nSPS) is 20.0. The Bertz CT molecular complexity index is 619. The Kier molecular flexibility index (Phi) is 6.34. The largest absolute Gasteiger partial charge is 0.493 e. The summed E-state index contributed by atoms with van der Waals surface area (Å²) in [6.45, 7) is 8.11. The monoisotopic (exact) mass is 347 g/mol. The Morgan fingerprint density at radius 1 is 1.20 bits per heavy atom. The van der Waals surface area contributed by atoms with Gasteiger partial charge in [-0.1, -0.05) is 18.2 Å². The van der Waals surface area contributed by atoms with E-state index < -0.39 is 5.60 Å². The minimum atomic E-state index is -0.508. The molecule has 0 radical (unpaired) electrons. The average Bonchev–Trinajstić information content (AvgIpc) is 2.54. The van der Waals surface area contributed by atoms with E-state index in [0.29, 0.717) is 12.4 Å². The standard InChI is InChI=1S/C20H29NO4/c1-6-24-18-13-14(11-12-17(18)23-5)15-9-7-8-10-16(15)21-19(22)25-20(2,3)4/h7-8,11-13,15-16H,6,9-10H2,1-5H3,(H,21,22). The van der Waals surface area contributed by atoms with E-state index in [-0.39, 0.29) is 18.1 Å². The maximum atomic E-state index is 12.2. The minimum absolute atomic E-state index is 0.0114. The number of ether oxygens (including phenoxy) is 3. The van der Waals surface area contributed by atoms with Crippen molar-refractivity contribution in [3.63, 3.8) is 0 Å². The SMILES string of the molecule is CCOc1cc(C2CC=CCC2NC(=O)OC(C)(C)C)ccc1OC. The number of rotatable bonds is 5. The van der Waals surface area contributed by atoms with E-state index in [0.717, 1.165) is 24.2 Å². The molecule has 0 heterocycles. The third-order valence-corrected chi connectivity index (χ3v) is 4.05. The van der Waals surface area contributed by atoms with Crippen LogP contribution < -0.4 is 14.8 Å². The molecular formula is C20H29NO4. The summed E-state index contributed by atoms with van der Waals surface area (Å²) in [7, 11) is 1.63. The summed E-state index contributed by atoms with van der Waals surface area (Å²) in [6.07, 6.45) is 5.52. The third kappa shape index (κ3) is 5.41. The summed E-state index contributed by atoms with van der Waals surface area (Å²) in [5.74, 6) is 1.62. The van der Waals surface area contributed by atoms with Crippen LogP contribution >= 0.6 is 0 Å². The fraction of sp³-hybridized carbons (Fsp3) is 0.550. The second-order valence-corrected chi connectivity index (χ2v) is 7.15. The molecule has 25 heavy (non-hydrogen) atoms. The highest BCUT2D eigenvalue weighted by molar-refractivity contribution is 5.68. The van der Waals surface area contributed by atoms with E-state index >= 15 is 0 Å². The van der Waals surface area contributed by atoms with Gasteiger partial charge in [-0.2, -0.15) is 0 Å². The van der Waals surface area contributed by atoms with Gasteiger partial charge in [-0.15, -0.1) is 0 Å². The maximum Gasteiger partial charge on any atom is 0.407 e. The van der Waals surface area contributed by atoms with Crippen LogP contribution in [-0.2, 0) is 4.74 Å². The van der Waals surface area contributed by atoms with Crippen LogP contribution in [0.3, 0.4) is 0 Å². The molecule has 1 N–H and O–H groups in total. The number of hydrogen-bond donors (Lipinski definition) is 1. The van der Waals surface area contributed by atoms with Crippen LogP contribution in [0.5, 0.6) is 11.5 Å². The van der Waals surface area contributed by atoms with Crippen LogP contribution in [0.1, 0.15) is 52.0 Å². The fourth-order valence-electron chi connectivity index (χ4n) is 2.99. The first-order valence-electron chi connectivity index (χ1n) is 8.79. The Labute approximate surface area is 150 Å². The van der Waals surface area contributed by atoms with E-state index in [2.05, 4.69) is 17.5 Å². The van der Waals surface area contributed by atoms with Gasteiger partial charge >= 0.3 is 6.09 Å². The summed E-state index contributed by atoms with van der Waals surface area (Å²) in [5, 5.41) is 3.02. The highest BCUT2D eigenvalue weighted by Gasteiger charge is 2.28. The summed E-state index contributed by atoms with van der Waals surface area (Å²) >= 11 is 0. The van der Waals surface area contributed by atoms with Gasteiger partial charge in [0.2, 0.25) is 0 Å². The predicted molar refractivity (Wildman–Crippen MR) is 98.4 cm³/mol. The second-order valence-electron chi connectivity index (χ2n) is 7.15. The molecule has 1 aromatic carbocycles. The number of allylic oxidation sites excluding steroid dienone is 1. The molecule has 5 heteroatoms. The zero-order valence-corrected chi connectivity index (χ0v) is 15.8. The molecule has 1 amide bonds. The summed E-state index contributed by atoms with van der Waals surface area (Å²) in [6, 6.07) is 5.95. The lowest BCUT2D eigenvalue weighted by Crippen LogP contribution is -2.42. The van der Waals surface area contributed by atoms with Gasteiger partial charge in [0.25, 0.3) is 0 Å². The van der Waals surface area contributed by atoms with Crippen LogP contribution in [0.4, 0.5) is 4.79 Å². The summed E-state index contributed by atoms with van der Waals surface area (Å²) < 4.78 is 16.4. The number of carbonyl (C=O) groups excluding carboxylic acids is 1. The van der Waals surface area contributed by atoms with Crippen LogP contribution in [-0.4, -0.2) is 31.5 Å². The molecule has 1 aliphatic carbocycles. The van der Waals surface area contributed by atoms with Crippen molar-refractivity contribution >= 4 is 6.09 Å². The second kappa shape index (κ2) is 8.28. The molecule has 0 saturated carbocycles. The molecule has 138 valence electrons. The maximum absolute atomic E-state index is 12.2. The molecule has 0 aliphatic heterocycles. The fourth-order valence-corrected chi connectivity index (χ4v) is 2.99. The van der Waals surface area contributed by atoms with Crippen molar-refractivity contribution in [3.8, 4) is 11.5 Å². The molecule has 0 fully saturated rings. The predicted octanol–water partition coefficient (Wildman–Crippen LogP) is 4.42. The van der Waals surface area contributed by atoms with Crippen molar-refractivity contribution in [1.29, 1.82) is 0 Å². The number of benzene rings is 1. The highest BCUT2D eigenvalue weighted by atomic mass is 16.6. The topological polar surface area (TPSA) is 56.8 Å². The molecule has 2 rings (SSSR count). The highest BCUT2D eigenvalue weighted by Crippen LogP contribution is 2.36. The first-order valence-corrected chi connectivity index (χ1v) is 8.79. The van der Waals surface area contributed by atoms with Gasteiger partial charge in [-0.3, -0.25) is 0 Å².